The molecule has 0 unspecified atom stereocenters. The van der Waals surface area contributed by atoms with Crippen LogP contribution >= 0.6 is 17.8 Å². The van der Waals surface area contributed by atoms with Crippen LogP contribution in [0.5, 0.6) is 23.0 Å². The third kappa shape index (κ3) is 20.9. The van der Waals surface area contributed by atoms with Crippen molar-refractivity contribution in [1.82, 2.24) is 0 Å². The van der Waals surface area contributed by atoms with Crippen LogP contribution in [-0.2, 0) is 0 Å². The predicted octanol–water partition coefficient (Wildman–Crippen LogP) is 10.2. The van der Waals surface area contributed by atoms with Crippen LogP contribution in [0.3, 0.4) is 0 Å². The van der Waals surface area contributed by atoms with Gasteiger partial charge in [0.1, 0.15) is 23.0 Å². The first kappa shape index (κ1) is 50.6. The number of nitro groups is 3. The molecule has 0 heterocycles. The van der Waals surface area contributed by atoms with Gasteiger partial charge >= 0.3 is 36.7 Å². The molecule has 53 heavy (non-hydrogen) atoms. The van der Waals surface area contributed by atoms with E-state index >= 15 is 0 Å². The zero-order valence-corrected chi connectivity index (χ0v) is 35.7. The van der Waals surface area contributed by atoms with Gasteiger partial charge in [-0.3, -0.25) is 30.3 Å². The Morgan fingerprint density at radius 1 is 0.585 bits per heavy atom. The summed E-state index contributed by atoms with van der Waals surface area (Å²) in [5, 5.41) is 40.0. The van der Waals surface area contributed by atoms with Gasteiger partial charge in [-0.25, -0.2) is 0 Å². The molecule has 2 radical (unpaired) electrons. The standard InChI is InChI=1S/2C9H11NO3.C9H13NO.C7H7NO3.C2H6.2ClH.Sn/c2*1-3-13-9-5-4-8(10(11)12)6-7(9)2;1-3-11-9-5-4-8(10)6-7(9)2;1-5-4-6(8(10)11)2-3-7(5)9;1-2;;;/h2*4-6H,3H2,1-2H3;4-6H,3,10H2,1-2H3;2-4,9H,1H3;1-2H3;2*1H;/q;;;;;;;+2/p-2. The number of nitro benzene ring substituents is 3. The van der Waals surface area contributed by atoms with E-state index in [1.165, 1.54) is 42.5 Å². The van der Waals surface area contributed by atoms with E-state index in [9.17, 15) is 30.3 Å². The first-order chi connectivity index (χ1) is 25.1. The molecule has 4 aromatic carbocycles. The fourth-order valence-electron chi connectivity index (χ4n) is 3.87. The van der Waals surface area contributed by atoms with Gasteiger partial charge in [0.25, 0.3) is 17.1 Å². The van der Waals surface area contributed by atoms with Crippen molar-refractivity contribution in [3.8, 4) is 23.0 Å². The van der Waals surface area contributed by atoms with Gasteiger partial charge in [-0.2, -0.15) is 0 Å². The maximum atomic E-state index is 10.4. The van der Waals surface area contributed by atoms with Crippen molar-refractivity contribution < 1.29 is 34.1 Å². The number of benzene rings is 4. The number of phenolic OH excluding ortho intramolecular Hbond substituents is 1. The van der Waals surface area contributed by atoms with Gasteiger partial charge in [0.15, 0.2) is 0 Å². The molecule has 0 atom stereocenters. The molecule has 0 spiro atoms. The Balaban J connectivity index is 0. The van der Waals surface area contributed by atoms with Crippen LogP contribution in [0.4, 0.5) is 22.7 Å². The van der Waals surface area contributed by atoms with E-state index in [1.807, 2.05) is 59.7 Å². The fourth-order valence-corrected chi connectivity index (χ4v) is 3.87. The SMILES string of the molecule is CC.CCOc1ccc(N)cc1C.CCOc1ccc([N+](=O)[O-])cc1C.CCOc1ccc([N+](=O)[O-])cc1C.Cc1cc([N+](=O)[O-])ccc1O.[Cl][Sn][Cl]. The molecule has 3 N–H and O–H groups in total. The van der Waals surface area contributed by atoms with Crippen LogP contribution in [0.25, 0.3) is 0 Å². The average Bonchev–Trinajstić information content (AvgIpc) is 3.11. The Morgan fingerprint density at radius 2 is 0.868 bits per heavy atom. The van der Waals surface area contributed by atoms with Crippen molar-refractivity contribution in [2.45, 2.75) is 62.3 Å². The number of nitrogens with zero attached hydrogens (tertiary/aromatic N) is 3. The molecule has 0 fully saturated rings. The van der Waals surface area contributed by atoms with Crippen LogP contribution in [-0.4, -0.2) is 58.6 Å². The molecule has 4 rings (SSSR count). The molecule has 290 valence electrons. The number of halogens is 2. The molecule has 0 aliphatic carbocycles. The molecule has 0 aromatic heterocycles. The van der Waals surface area contributed by atoms with E-state index < -0.39 is 33.7 Å². The van der Waals surface area contributed by atoms with Gasteiger partial charge < -0.3 is 25.1 Å². The molecular weight excluding hydrogens is 838 g/mol. The molecule has 0 bridgehead atoms. The fraction of sp³-hybridized carbons (Fsp3) is 0.333. The second-order valence-electron chi connectivity index (χ2n) is 10.0. The van der Waals surface area contributed by atoms with Crippen molar-refractivity contribution in [2.24, 2.45) is 0 Å². The monoisotopic (exact) mass is 886 g/mol. The number of nitrogen functional groups attached to an aromatic ring is 1. The number of aromatic hydroxyl groups is 1. The van der Waals surface area contributed by atoms with Gasteiger partial charge in [-0.05, 0) is 107 Å². The summed E-state index contributed by atoms with van der Waals surface area (Å²) in [4.78, 5) is 29.6. The summed E-state index contributed by atoms with van der Waals surface area (Å²) in [5.74, 6) is 2.40. The quantitative estimate of drug-likeness (QED) is 0.0700. The van der Waals surface area contributed by atoms with Gasteiger partial charge in [0, 0.05) is 42.1 Å². The van der Waals surface area contributed by atoms with E-state index in [1.54, 1.807) is 32.9 Å². The molecule has 4 aromatic rings. The number of nitrogens with two attached hydrogens (primary N) is 1. The average molecular weight is 886 g/mol. The summed E-state index contributed by atoms with van der Waals surface area (Å²) in [6, 6.07) is 18.7. The molecule has 0 amide bonds. The van der Waals surface area contributed by atoms with Crippen molar-refractivity contribution >= 4 is 59.5 Å². The van der Waals surface area contributed by atoms with Gasteiger partial charge in [-0.1, -0.05) is 13.8 Å². The summed E-state index contributed by atoms with van der Waals surface area (Å²) in [6.07, 6.45) is 0. The van der Waals surface area contributed by atoms with Gasteiger partial charge in [0.05, 0.1) is 34.6 Å². The second-order valence-corrected chi connectivity index (χ2v) is 14.3. The molecule has 0 aliphatic rings. The van der Waals surface area contributed by atoms with Crippen molar-refractivity contribution in [1.29, 1.82) is 0 Å². The van der Waals surface area contributed by atoms with E-state index in [-0.39, 0.29) is 22.8 Å². The summed E-state index contributed by atoms with van der Waals surface area (Å²) < 4.78 is 15.8. The van der Waals surface area contributed by atoms with Crippen molar-refractivity contribution in [3.05, 3.63) is 125 Å². The Kier molecular flexibility index (Phi) is 27.6. The number of hydrogen-bond donors (Lipinski definition) is 2. The van der Waals surface area contributed by atoms with Crippen LogP contribution in [0.15, 0.2) is 72.8 Å². The molecule has 14 nitrogen and oxygen atoms in total. The number of hydrogen-bond acceptors (Lipinski definition) is 11. The van der Waals surface area contributed by atoms with E-state index in [0.717, 1.165) is 28.1 Å². The zero-order chi connectivity index (χ0) is 41.1. The Labute approximate surface area is 328 Å². The normalized spacial score (nSPS) is 9.19. The topological polar surface area (TPSA) is 203 Å². The minimum atomic E-state index is -0.826. The molecular formula is C36H48Cl2N4O10Sn. The minimum absolute atomic E-state index is 0.000278. The molecule has 17 heteroatoms. The van der Waals surface area contributed by atoms with Crippen LogP contribution < -0.4 is 19.9 Å². The number of phenols is 1. The van der Waals surface area contributed by atoms with Crippen LogP contribution in [0.2, 0.25) is 0 Å². The summed E-state index contributed by atoms with van der Waals surface area (Å²) in [5.41, 5.74) is 9.73. The van der Waals surface area contributed by atoms with Gasteiger partial charge in [0.2, 0.25) is 0 Å². The third-order valence-corrected chi connectivity index (χ3v) is 6.23. The first-order valence-electron chi connectivity index (χ1n) is 16.2. The Hall–Kier alpha value is -4.54. The van der Waals surface area contributed by atoms with E-state index in [0.29, 0.717) is 36.9 Å². The zero-order valence-electron chi connectivity index (χ0n) is 31.3. The number of anilines is 1. The molecule has 0 saturated heterocycles. The first-order valence-corrected chi connectivity index (χ1v) is 23.4. The third-order valence-electron chi connectivity index (χ3n) is 6.23. The number of ether oxygens (including phenoxy) is 3. The van der Waals surface area contributed by atoms with Crippen molar-refractivity contribution in [2.75, 3.05) is 25.6 Å². The van der Waals surface area contributed by atoms with E-state index in [4.69, 9.17) is 42.9 Å². The van der Waals surface area contributed by atoms with Crippen LogP contribution in [0, 0.1) is 58.0 Å². The summed E-state index contributed by atoms with van der Waals surface area (Å²) in [7, 11) is 9.87. The predicted molar refractivity (Wildman–Crippen MR) is 213 cm³/mol. The Morgan fingerprint density at radius 3 is 1.13 bits per heavy atom. The summed E-state index contributed by atoms with van der Waals surface area (Å²) in [6.45, 7) is 18.7. The van der Waals surface area contributed by atoms with E-state index in [2.05, 4.69) is 0 Å². The number of non-ortho nitro benzene ring substituents is 3. The van der Waals surface area contributed by atoms with Crippen LogP contribution in [0.1, 0.15) is 56.9 Å². The maximum absolute atomic E-state index is 10.4. The van der Waals surface area contributed by atoms with Gasteiger partial charge in [-0.15, -0.1) is 0 Å². The number of rotatable bonds is 9. The molecule has 0 saturated carbocycles. The van der Waals surface area contributed by atoms with Crippen molar-refractivity contribution in [3.63, 3.8) is 0 Å². The second kappa shape index (κ2) is 29.0. The Bertz CT molecular complexity index is 1650. The summed E-state index contributed by atoms with van der Waals surface area (Å²) >= 11 is -0.826. The number of aryl methyl sites for hydroxylation is 4. The molecule has 0 aliphatic heterocycles.